The SMILES string of the molecule is CCCC1(COC)C(CC(F)(F)F)CCC2C1CCC1(C)C2CC[C@@H]1C(=O)CBr. The lowest BCUT2D eigenvalue weighted by atomic mass is 9.45. The molecule has 0 aromatic rings. The molecule has 0 spiro atoms. The van der Waals surface area contributed by atoms with Crippen LogP contribution in [-0.4, -0.2) is 31.0 Å². The largest absolute Gasteiger partial charge is 0.389 e. The fourth-order valence-electron chi connectivity index (χ4n) is 8.02. The van der Waals surface area contributed by atoms with Gasteiger partial charge in [-0.3, -0.25) is 4.79 Å². The van der Waals surface area contributed by atoms with Gasteiger partial charge in [0.1, 0.15) is 5.78 Å². The quantitative estimate of drug-likeness (QED) is 0.374. The molecule has 3 rings (SSSR count). The number of ketones is 1. The normalized spacial score (nSPS) is 42.4. The van der Waals surface area contributed by atoms with E-state index in [9.17, 15) is 18.0 Å². The molecule has 0 saturated heterocycles. The summed E-state index contributed by atoms with van der Waals surface area (Å²) in [6.07, 6.45) is 2.23. The first-order valence-corrected chi connectivity index (χ1v) is 12.4. The maximum absolute atomic E-state index is 13.5. The third kappa shape index (κ3) is 4.18. The molecule has 0 amide bonds. The van der Waals surface area contributed by atoms with E-state index < -0.39 is 12.6 Å². The Morgan fingerprint density at radius 1 is 1.14 bits per heavy atom. The standard InChI is InChI=1S/C23H36BrF3O2/c1-4-10-22(14-29-3)15(12-23(25,26)27)5-6-16-17-7-8-19(20(28)13-24)21(17,2)11-9-18(16)22/h15-19H,4-14H2,1-3H3/t15?,16?,17?,18?,19-,21?,22?/m1/s1. The second kappa shape index (κ2) is 8.80. The fraction of sp³-hybridized carbons (Fsp3) is 0.957. The van der Waals surface area contributed by atoms with Crippen molar-refractivity contribution in [3.8, 4) is 0 Å². The molecule has 0 heterocycles. The maximum atomic E-state index is 13.5. The van der Waals surface area contributed by atoms with Crippen LogP contribution in [0.25, 0.3) is 0 Å². The lowest BCUT2D eigenvalue weighted by molar-refractivity contribution is -0.191. The average molecular weight is 481 g/mol. The van der Waals surface area contributed by atoms with Gasteiger partial charge >= 0.3 is 6.18 Å². The molecule has 0 N–H and O–H groups in total. The van der Waals surface area contributed by atoms with Crippen LogP contribution in [0, 0.1) is 40.4 Å². The topological polar surface area (TPSA) is 26.3 Å². The number of hydrogen-bond donors (Lipinski definition) is 0. The van der Waals surface area contributed by atoms with E-state index in [0.29, 0.717) is 36.0 Å². The molecule has 3 saturated carbocycles. The van der Waals surface area contributed by atoms with E-state index in [2.05, 4.69) is 29.8 Å². The van der Waals surface area contributed by atoms with Crippen molar-refractivity contribution in [3.63, 3.8) is 0 Å². The Balaban J connectivity index is 1.93. The molecule has 0 radical (unpaired) electrons. The number of carbonyl (C=O) groups is 1. The minimum Gasteiger partial charge on any atom is -0.384 e. The minimum atomic E-state index is -4.13. The molecule has 3 fully saturated rings. The molecule has 0 bridgehead atoms. The number of hydrogen-bond acceptors (Lipinski definition) is 2. The maximum Gasteiger partial charge on any atom is 0.389 e. The average Bonchev–Trinajstić information content (AvgIpc) is 3.00. The number of alkyl halides is 4. The molecular formula is C23H36BrF3O2. The van der Waals surface area contributed by atoms with E-state index in [1.165, 1.54) is 0 Å². The van der Waals surface area contributed by atoms with Gasteiger partial charge in [-0.05, 0) is 79.4 Å². The van der Waals surface area contributed by atoms with Crippen LogP contribution in [0.1, 0.15) is 71.6 Å². The zero-order valence-corrected chi connectivity index (χ0v) is 19.6. The zero-order chi connectivity index (χ0) is 21.4. The first kappa shape index (κ1) is 23.6. The van der Waals surface area contributed by atoms with Crippen molar-refractivity contribution in [3.05, 3.63) is 0 Å². The van der Waals surface area contributed by atoms with Gasteiger partial charge in [0.05, 0.1) is 11.9 Å². The summed E-state index contributed by atoms with van der Waals surface area (Å²) in [5.41, 5.74) is -0.380. The second-order valence-electron chi connectivity index (χ2n) is 10.2. The molecule has 3 aliphatic rings. The number of methoxy groups -OCH3 is 1. The highest BCUT2D eigenvalue weighted by atomic mass is 79.9. The van der Waals surface area contributed by atoms with Crippen molar-refractivity contribution in [2.75, 3.05) is 19.0 Å². The molecule has 0 aromatic carbocycles. The summed E-state index contributed by atoms with van der Waals surface area (Å²) in [5, 5.41) is 0.408. The zero-order valence-electron chi connectivity index (χ0n) is 18.0. The van der Waals surface area contributed by atoms with Crippen molar-refractivity contribution < 1.29 is 22.7 Å². The molecular weight excluding hydrogens is 445 g/mol. The smallest absolute Gasteiger partial charge is 0.384 e. The predicted molar refractivity (Wildman–Crippen MR) is 112 cm³/mol. The van der Waals surface area contributed by atoms with Gasteiger partial charge in [0.2, 0.25) is 0 Å². The van der Waals surface area contributed by atoms with Crippen LogP contribution < -0.4 is 0 Å². The van der Waals surface area contributed by atoms with E-state index in [-0.39, 0.29) is 28.6 Å². The van der Waals surface area contributed by atoms with Gasteiger partial charge in [0.25, 0.3) is 0 Å². The molecule has 6 unspecified atom stereocenters. The number of halogens is 4. The third-order valence-corrected chi connectivity index (χ3v) is 9.52. The Kier molecular flexibility index (Phi) is 7.15. The number of fused-ring (bicyclic) bond motifs is 3. The van der Waals surface area contributed by atoms with Crippen molar-refractivity contribution in [1.29, 1.82) is 0 Å². The minimum absolute atomic E-state index is 0.00785. The lowest BCUT2D eigenvalue weighted by Gasteiger charge is -2.60. The predicted octanol–water partition coefficient (Wildman–Crippen LogP) is 6.80. The van der Waals surface area contributed by atoms with E-state index in [1.54, 1.807) is 7.11 Å². The highest BCUT2D eigenvalue weighted by Gasteiger charge is 2.62. The van der Waals surface area contributed by atoms with E-state index in [0.717, 1.165) is 44.9 Å². The monoisotopic (exact) mass is 480 g/mol. The summed E-state index contributed by atoms with van der Waals surface area (Å²) in [7, 11) is 1.64. The summed E-state index contributed by atoms with van der Waals surface area (Å²) < 4.78 is 46.0. The molecule has 0 aliphatic heterocycles. The highest BCUT2D eigenvalue weighted by molar-refractivity contribution is 9.09. The molecule has 7 atom stereocenters. The number of rotatable bonds is 7. The number of carbonyl (C=O) groups excluding carboxylic acids is 1. The Labute approximate surface area is 181 Å². The Hall–Kier alpha value is -0.100. The van der Waals surface area contributed by atoms with Crippen molar-refractivity contribution in [2.45, 2.75) is 77.8 Å². The van der Waals surface area contributed by atoms with Gasteiger partial charge in [0, 0.05) is 19.4 Å². The van der Waals surface area contributed by atoms with Gasteiger partial charge < -0.3 is 4.74 Å². The number of Topliss-reactive ketones (excluding diaryl/α,β-unsaturated/α-hetero) is 1. The first-order chi connectivity index (χ1) is 13.6. The summed E-state index contributed by atoms with van der Waals surface area (Å²) in [4.78, 5) is 12.6. The summed E-state index contributed by atoms with van der Waals surface area (Å²) >= 11 is 3.36. The van der Waals surface area contributed by atoms with Crippen LogP contribution in [-0.2, 0) is 9.53 Å². The van der Waals surface area contributed by atoms with Crippen molar-refractivity contribution >= 4 is 21.7 Å². The van der Waals surface area contributed by atoms with Gasteiger partial charge in [-0.25, -0.2) is 0 Å². The van der Waals surface area contributed by atoms with E-state index in [4.69, 9.17) is 4.74 Å². The van der Waals surface area contributed by atoms with Crippen LogP contribution in [0.3, 0.4) is 0 Å². The third-order valence-electron chi connectivity index (χ3n) is 8.96. The Bertz CT molecular complexity index is 587. The van der Waals surface area contributed by atoms with Crippen molar-refractivity contribution in [1.82, 2.24) is 0 Å². The first-order valence-electron chi connectivity index (χ1n) is 11.3. The highest BCUT2D eigenvalue weighted by Crippen LogP contribution is 2.67. The summed E-state index contributed by atoms with van der Waals surface area (Å²) in [6, 6.07) is 0. The molecule has 3 aliphatic carbocycles. The van der Waals surface area contributed by atoms with Gasteiger partial charge in [-0.15, -0.1) is 0 Å². The Morgan fingerprint density at radius 3 is 2.45 bits per heavy atom. The van der Waals surface area contributed by atoms with Crippen LogP contribution in [0.2, 0.25) is 0 Å². The van der Waals surface area contributed by atoms with Crippen molar-refractivity contribution in [2.24, 2.45) is 40.4 Å². The van der Waals surface area contributed by atoms with Crippen LogP contribution >= 0.6 is 15.9 Å². The van der Waals surface area contributed by atoms with Crippen LogP contribution in [0.5, 0.6) is 0 Å². The van der Waals surface area contributed by atoms with E-state index >= 15 is 0 Å². The van der Waals surface area contributed by atoms with E-state index in [1.807, 2.05) is 0 Å². The molecule has 168 valence electrons. The molecule has 2 nitrogen and oxygen atoms in total. The molecule has 29 heavy (non-hydrogen) atoms. The molecule has 6 heteroatoms. The van der Waals surface area contributed by atoms with Gasteiger partial charge in [-0.1, -0.05) is 36.2 Å². The van der Waals surface area contributed by atoms with Gasteiger partial charge in [-0.2, -0.15) is 13.2 Å². The van der Waals surface area contributed by atoms with Crippen LogP contribution in [0.15, 0.2) is 0 Å². The fourth-order valence-corrected chi connectivity index (χ4v) is 8.41. The number of ether oxygens (including phenoxy) is 1. The second-order valence-corrected chi connectivity index (χ2v) is 10.7. The lowest BCUT2D eigenvalue weighted by Crippen LogP contribution is -2.55. The molecule has 0 aromatic heterocycles. The summed E-state index contributed by atoms with van der Waals surface area (Å²) in [5.74, 6) is 1.20. The van der Waals surface area contributed by atoms with Crippen LogP contribution in [0.4, 0.5) is 13.2 Å². The van der Waals surface area contributed by atoms with Gasteiger partial charge in [0.15, 0.2) is 0 Å². The Morgan fingerprint density at radius 2 is 1.86 bits per heavy atom. The summed E-state index contributed by atoms with van der Waals surface area (Å²) in [6.45, 7) is 4.79.